The Balaban J connectivity index is 1.62. The fraction of sp³-hybridized carbons (Fsp3) is 0.130. The maximum Gasteiger partial charge on any atom is 0.182 e. The van der Waals surface area contributed by atoms with Gasteiger partial charge in [0.1, 0.15) is 22.9 Å². The predicted molar refractivity (Wildman–Crippen MR) is 100 cm³/mol. The number of benzene rings is 3. The molecule has 0 saturated carbocycles. The van der Waals surface area contributed by atoms with Crippen molar-refractivity contribution in [2.45, 2.75) is 19.8 Å². The molecule has 2 aromatic heterocycles. The van der Waals surface area contributed by atoms with Crippen molar-refractivity contribution in [2.75, 3.05) is 0 Å². The summed E-state index contributed by atoms with van der Waals surface area (Å²) in [5, 5.41) is 0. The van der Waals surface area contributed by atoms with Crippen LogP contribution in [0.25, 0.3) is 22.3 Å². The van der Waals surface area contributed by atoms with Crippen LogP contribution in [0.1, 0.15) is 43.3 Å². The lowest BCUT2D eigenvalue weighted by Crippen LogP contribution is -2.16. The molecule has 0 saturated heterocycles. The quantitative estimate of drug-likeness (QED) is 0.447. The largest absolute Gasteiger partial charge is 0.456 e. The van der Waals surface area contributed by atoms with E-state index in [4.69, 9.17) is 4.42 Å². The van der Waals surface area contributed by atoms with Crippen molar-refractivity contribution in [3.8, 4) is 11.1 Å². The summed E-state index contributed by atoms with van der Waals surface area (Å²) in [6, 6.07) is 13.6. The van der Waals surface area contributed by atoms with Crippen LogP contribution in [0.4, 0.5) is 4.39 Å². The molecule has 0 amide bonds. The maximum atomic E-state index is 13.2. The number of rotatable bonds is 2. The Morgan fingerprint density at radius 2 is 1.30 bits per heavy atom. The second-order valence-electron chi connectivity index (χ2n) is 7.11. The molecule has 0 fully saturated rings. The summed E-state index contributed by atoms with van der Waals surface area (Å²) in [5.74, 6) is -1.48. The molecule has 0 radical (unpaired) electrons. The van der Waals surface area contributed by atoms with Gasteiger partial charge in [-0.1, -0.05) is 24.3 Å². The molecule has 5 rings (SSSR count). The lowest BCUT2D eigenvalue weighted by Gasteiger charge is -2.17. The molecule has 2 heterocycles. The van der Waals surface area contributed by atoms with Gasteiger partial charge < -0.3 is 4.42 Å². The number of ketones is 2. The van der Waals surface area contributed by atoms with E-state index in [2.05, 4.69) is 0 Å². The van der Waals surface area contributed by atoms with E-state index in [1.54, 1.807) is 24.3 Å². The van der Waals surface area contributed by atoms with E-state index in [0.29, 0.717) is 22.3 Å². The monoisotopic (exact) mass is 358 g/mol. The van der Waals surface area contributed by atoms with Crippen molar-refractivity contribution in [3.63, 3.8) is 0 Å². The fourth-order valence-electron chi connectivity index (χ4n) is 4.25. The average molecular weight is 358 g/mol. The highest BCUT2D eigenvalue weighted by atomic mass is 19.1. The molecule has 3 nitrogen and oxygen atoms in total. The van der Waals surface area contributed by atoms with Crippen molar-refractivity contribution in [1.29, 1.82) is 0 Å². The summed E-state index contributed by atoms with van der Waals surface area (Å²) in [6.07, 6.45) is 0. The summed E-state index contributed by atoms with van der Waals surface area (Å²) in [7, 11) is 0. The Morgan fingerprint density at radius 3 is 1.81 bits per heavy atom. The van der Waals surface area contributed by atoms with Crippen LogP contribution in [0.3, 0.4) is 0 Å². The minimum absolute atomic E-state index is 0.190. The van der Waals surface area contributed by atoms with Crippen molar-refractivity contribution in [2.24, 2.45) is 0 Å². The summed E-state index contributed by atoms with van der Waals surface area (Å²) in [4.78, 5) is 26.0. The van der Waals surface area contributed by atoms with E-state index in [-0.39, 0.29) is 17.4 Å². The smallest absolute Gasteiger partial charge is 0.182 e. The van der Waals surface area contributed by atoms with Crippen LogP contribution in [0.2, 0.25) is 0 Å². The predicted octanol–water partition coefficient (Wildman–Crippen LogP) is 5.46. The SMILES string of the molecule is Cc1cc(-c2ccc(F)cc2)cc(C)c1C1C(=O)c2c(c3ccc2o3)C1=O. The number of aryl methyl sites for hydroxylation is 2. The molecule has 0 atom stereocenters. The van der Waals surface area contributed by atoms with Gasteiger partial charge in [0, 0.05) is 0 Å². The zero-order valence-electron chi connectivity index (χ0n) is 14.8. The van der Waals surface area contributed by atoms with Gasteiger partial charge in [-0.2, -0.15) is 0 Å². The van der Waals surface area contributed by atoms with E-state index in [0.717, 1.165) is 27.8 Å². The van der Waals surface area contributed by atoms with E-state index in [9.17, 15) is 14.0 Å². The molecule has 0 aliphatic heterocycles. The highest BCUT2D eigenvalue weighted by molar-refractivity contribution is 6.35. The summed E-state index contributed by atoms with van der Waals surface area (Å²) < 4.78 is 18.7. The first-order chi connectivity index (χ1) is 13.0. The second-order valence-corrected chi connectivity index (χ2v) is 7.11. The van der Waals surface area contributed by atoms with Gasteiger partial charge in [-0.3, -0.25) is 9.59 Å². The number of carbonyl (C=O) groups is 2. The van der Waals surface area contributed by atoms with Crippen molar-refractivity contribution in [1.82, 2.24) is 0 Å². The average Bonchev–Trinajstić information content (AvgIpc) is 3.31. The number of hydrogen-bond acceptors (Lipinski definition) is 3. The Kier molecular flexibility index (Phi) is 3.17. The van der Waals surface area contributed by atoms with E-state index in [1.807, 2.05) is 26.0 Å². The van der Waals surface area contributed by atoms with Crippen LogP contribution in [-0.2, 0) is 0 Å². The van der Waals surface area contributed by atoms with E-state index >= 15 is 0 Å². The minimum Gasteiger partial charge on any atom is -0.456 e. The molecule has 132 valence electrons. The molecule has 2 aromatic carbocycles. The summed E-state index contributed by atoms with van der Waals surface area (Å²) in [5.41, 5.74) is 6.13. The molecule has 2 bridgehead atoms. The van der Waals surface area contributed by atoms with Crippen molar-refractivity contribution >= 4 is 22.7 Å². The molecule has 4 aromatic rings. The van der Waals surface area contributed by atoms with Gasteiger partial charge in [0.25, 0.3) is 0 Å². The molecule has 1 aliphatic rings. The fourth-order valence-corrected chi connectivity index (χ4v) is 4.25. The first-order valence-corrected chi connectivity index (χ1v) is 8.76. The topological polar surface area (TPSA) is 47.3 Å². The first kappa shape index (κ1) is 15.9. The molecule has 4 heteroatoms. The van der Waals surface area contributed by atoms with Gasteiger partial charge in [-0.25, -0.2) is 4.39 Å². The number of furan rings is 2. The Morgan fingerprint density at radius 1 is 0.778 bits per heavy atom. The third kappa shape index (κ3) is 2.13. The number of Topliss-reactive ketones (excluding diaryl/α,β-unsaturated/α-hetero) is 2. The number of hydrogen-bond donors (Lipinski definition) is 0. The lowest BCUT2D eigenvalue weighted by atomic mass is 9.85. The van der Waals surface area contributed by atoms with Crippen LogP contribution < -0.4 is 0 Å². The number of halogens is 1. The molecule has 0 spiro atoms. The highest BCUT2D eigenvalue weighted by Gasteiger charge is 2.45. The standard InChI is InChI=1S/C23H15FO3/c1-11-9-14(13-3-5-15(24)6-4-13)10-12(2)18(11)21-22(25)19-16-7-8-17(27-16)20(19)23(21)26/h3-10,21H,1-2H3. The van der Waals surface area contributed by atoms with Crippen molar-refractivity contribution in [3.05, 3.63) is 82.2 Å². The molecule has 27 heavy (non-hydrogen) atoms. The molecule has 0 N–H and O–H groups in total. The van der Waals surface area contributed by atoms with Gasteiger partial charge in [0.05, 0.1) is 11.1 Å². The summed E-state index contributed by atoms with van der Waals surface area (Å²) in [6.45, 7) is 3.81. The van der Waals surface area contributed by atoms with Crippen LogP contribution >= 0.6 is 0 Å². The Bertz CT molecular complexity index is 1160. The number of carbonyl (C=O) groups excluding carboxylic acids is 2. The van der Waals surface area contributed by atoms with Crippen LogP contribution in [-0.4, -0.2) is 11.6 Å². The van der Waals surface area contributed by atoms with Crippen molar-refractivity contribution < 1.29 is 18.4 Å². The second kappa shape index (κ2) is 5.36. The first-order valence-electron chi connectivity index (χ1n) is 8.76. The van der Waals surface area contributed by atoms with E-state index in [1.165, 1.54) is 12.1 Å². The van der Waals surface area contributed by atoms with Gasteiger partial charge in [-0.15, -0.1) is 0 Å². The van der Waals surface area contributed by atoms with Crippen LogP contribution in [0.15, 0.2) is 52.9 Å². The van der Waals surface area contributed by atoms with Gasteiger partial charge in [0.15, 0.2) is 11.6 Å². The van der Waals surface area contributed by atoms with Gasteiger partial charge >= 0.3 is 0 Å². The van der Waals surface area contributed by atoms with E-state index < -0.39 is 5.92 Å². The van der Waals surface area contributed by atoms with Gasteiger partial charge in [-0.05, 0) is 65.9 Å². The zero-order chi connectivity index (χ0) is 18.9. The molecular weight excluding hydrogens is 343 g/mol. The maximum absolute atomic E-state index is 13.2. The molecule has 1 aliphatic carbocycles. The third-order valence-corrected chi connectivity index (χ3v) is 5.43. The van der Waals surface area contributed by atoms with Crippen LogP contribution in [0, 0.1) is 19.7 Å². The van der Waals surface area contributed by atoms with Gasteiger partial charge in [0.2, 0.25) is 0 Å². The lowest BCUT2D eigenvalue weighted by molar-refractivity contribution is 0.0889. The zero-order valence-corrected chi connectivity index (χ0v) is 14.8. The molecule has 0 unspecified atom stereocenters. The third-order valence-electron chi connectivity index (χ3n) is 5.43. The minimum atomic E-state index is -0.814. The Labute approximate surface area is 154 Å². The normalized spacial score (nSPS) is 14.5. The molecular formula is C23H15FO3. The van der Waals surface area contributed by atoms with Crippen LogP contribution in [0.5, 0.6) is 0 Å². The number of fused-ring (bicyclic) bond motifs is 5. The highest BCUT2D eigenvalue weighted by Crippen LogP contribution is 2.44. The Hall–Kier alpha value is -3.27. The summed E-state index contributed by atoms with van der Waals surface area (Å²) >= 11 is 0.